The molecule has 2 unspecified atom stereocenters. The van der Waals surface area contributed by atoms with Gasteiger partial charge in [-0.3, -0.25) is 4.79 Å². The first-order chi connectivity index (χ1) is 14.6. The van der Waals surface area contributed by atoms with Gasteiger partial charge in [0.15, 0.2) is 0 Å². The Kier molecular flexibility index (Phi) is 14.7. The van der Waals surface area contributed by atoms with Crippen molar-refractivity contribution in [1.82, 2.24) is 0 Å². The van der Waals surface area contributed by atoms with Crippen molar-refractivity contribution in [2.24, 2.45) is 0 Å². The number of rotatable bonds is 16. The van der Waals surface area contributed by atoms with Crippen LogP contribution >= 0.6 is 0 Å². The number of esters is 1. The summed E-state index contributed by atoms with van der Waals surface area (Å²) in [5, 5.41) is 10.5. The lowest BCUT2D eigenvalue weighted by molar-refractivity contribution is -0.140. The van der Waals surface area contributed by atoms with Gasteiger partial charge in [0.05, 0.1) is 19.3 Å². The molecule has 0 radical (unpaired) electrons. The van der Waals surface area contributed by atoms with Gasteiger partial charge in [0.1, 0.15) is 0 Å². The molecule has 0 saturated carbocycles. The van der Waals surface area contributed by atoms with E-state index in [0.717, 1.165) is 17.5 Å². The smallest absolute Gasteiger partial charge is 0.305 e. The number of allylic oxidation sites excluding steroid dienone is 2. The zero-order valence-corrected chi connectivity index (χ0v) is 19.0. The summed E-state index contributed by atoms with van der Waals surface area (Å²) in [5.74, 6) is -0.242. The minimum Gasteiger partial charge on any atom is -0.469 e. The SMILES string of the molecule is CCCCCCCCC(C=CC=Cc1ccccc1C(O)CCCC(=O)OC)OC. The fourth-order valence-corrected chi connectivity index (χ4v) is 3.43. The molecule has 0 aliphatic rings. The highest BCUT2D eigenvalue weighted by Crippen LogP contribution is 2.24. The topological polar surface area (TPSA) is 55.8 Å². The number of aliphatic hydroxyl groups excluding tert-OH is 1. The van der Waals surface area contributed by atoms with Crippen molar-refractivity contribution in [2.75, 3.05) is 14.2 Å². The van der Waals surface area contributed by atoms with Gasteiger partial charge < -0.3 is 14.6 Å². The molecule has 30 heavy (non-hydrogen) atoms. The Morgan fingerprint density at radius 3 is 2.47 bits per heavy atom. The molecule has 168 valence electrons. The average molecular weight is 417 g/mol. The number of benzene rings is 1. The summed E-state index contributed by atoms with van der Waals surface area (Å²) < 4.78 is 10.2. The summed E-state index contributed by atoms with van der Waals surface area (Å²) >= 11 is 0. The molecule has 0 spiro atoms. The molecule has 0 aromatic heterocycles. The second-order valence-electron chi connectivity index (χ2n) is 7.69. The molecule has 0 heterocycles. The first-order valence-corrected chi connectivity index (χ1v) is 11.3. The zero-order valence-electron chi connectivity index (χ0n) is 19.0. The van der Waals surface area contributed by atoms with E-state index in [0.29, 0.717) is 19.3 Å². The fourth-order valence-electron chi connectivity index (χ4n) is 3.43. The van der Waals surface area contributed by atoms with Crippen LogP contribution in [0.4, 0.5) is 0 Å². The predicted molar refractivity (Wildman–Crippen MR) is 124 cm³/mol. The summed E-state index contributed by atoms with van der Waals surface area (Å²) in [6, 6.07) is 7.81. The van der Waals surface area contributed by atoms with Gasteiger partial charge >= 0.3 is 5.97 Å². The van der Waals surface area contributed by atoms with Crippen molar-refractivity contribution >= 4 is 12.0 Å². The summed E-state index contributed by atoms with van der Waals surface area (Å²) in [6.07, 6.45) is 17.9. The lowest BCUT2D eigenvalue weighted by atomic mass is 9.98. The number of ether oxygens (including phenoxy) is 2. The normalized spacial score (nSPS) is 13.7. The molecular formula is C26H40O4. The first-order valence-electron chi connectivity index (χ1n) is 11.3. The predicted octanol–water partition coefficient (Wildman–Crippen LogP) is 6.40. The highest BCUT2D eigenvalue weighted by Gasteiger charge is 2.11. The molecule has 0 bridgehead atoms. The second kappa shape index (κ2) is 16.8. The Morgan fingerprint density at radius 2 is 1.73 bits per heavy atom. The van der Waals surface area contributed by atoms with Crippen LogP contribution < -0.4 is 0 Å². The molecule has 2 atom stereocenters. The molecule has 1 aromatic rings. The molecule has 0 amide bonds. The third kappa shape index (κ3) is 11.3. The molecule has 0 saturated heterocycles. The molecule has 4 heteroatoms. The number of unbranched alkanes of at least 4 members (excludes halogenated alkanes) is 5. The lowest BCUT2D eigenvalue weighted by Gasteiger charge is -2.13. The molecule has 0 aliphatic carbocycles. The number of carbonyl (C=O) groups excluding carboxylic acids is 1. The van der Waals surface area contributed by atoms with E-state index in [2.05, 4.69) is 17.7 Å². The van der Waals surface area contributed by atoms with Crippen LogP contribution in [0.25, 0.3) is 6.08 Å². The van der Waals surface area contributed by atoms with Crippen molar-refractivity contribution in [3.63, 3.8) is 0 Å². The third-order valence-corrected chi connectivity index (χ3v) is 5.30. The quantitative estimate of drug-likeness (QED) is 0.192. The standard InChI is InChI=1S/C26H40O4/c1-4-5-6-7-8-9-17-23(29-2)18-12-10-15-22-16-11-13-19-24(22)25(27)20-14-21-26(28)30-3/h10-13,15-16,18-19,23,25,27H,4-9,14,17,20-21H2,1-3H3. The van der Waals surface area contributed by atoms with E-state index in [1.165, 1.54) is 45.6 Å². The number of methoxy groups -OCH3 is 2. The van der Waals surface area contributed by atoms with E-state index in [9.17, 15) is 9.90 Å². The molecule has 4 nitrogen and oxygen atoms in total. The van der Waals surface area contributed by atoms with Crippen molar-refractivity contribution in [3.05, 3.63) is 53.6 Å². The summed E-state index contributed by atoms with van der Waals surface area (Å²) in [6.45, 7) is 2.24. The van der Waals surface area contributed by atoms with E-state index in [1.54, 1.807) is 7.11 Å². The van der Waals surface area contributed by atoms with Gasteiger partial charge in [-0.1, -0.05) is 94.0 Å². The minimum atomic E-state index is -0.598. The van der Waals surface area contributed by atoms with Crippen LogP contribution in [0.2, 0.25) is 0 Å². The largest absolute Gasteiger partial charge is 0.469 e. The van der Waals surface area contributed by atoms with Crippen LogP contribution in [-0.2, 0) is 14.3 Å². The first kappa shape index (κ1) is 26.1. The highest BCUT2D eigenvalue weighted by atomic mass is 16.5. The monoisotopic (exact) mass is 416 g/mol. The highest BCUT2D eigenvalue weighted by molar-refractivity contribution is 5.69. The van der Waals surface area contributed by atoms with Gasteiger partial charge in [0.2, 0.25) is 0 Å². The van der Waals surface area contributed by atoms with Crippen LogP contribution in [0.3, 0.4) is 0 Å². The number of hydrogen-bond acceptors (Lipinski definition) is 4. The molecule has 0 aliphatic heterocycles. The lowest BCUT2D eigenvalue weighted by Crippen LogP contribution is -2.06. The van der Waals surface area contributed by atoms with Crippen molar-refractivity contribution < 1.29 is 19.4 Å². The Hall–Kier alpha value is -1.91. The summed E-state index contributed by atoms with van der Waals surface area (Å²) in [7, 11) is 3.14. The van der Waals surface area contributed by atoms with Gasteiger partial charge in [0, 0.05) is 13.5 Å². The van der Waals surface area contributed by atoms with E-state index >= 15 is 0 Å². The molecule has 1 aromatic carbocycles. The van der Waals surface area contributed by atoms with Crippen molar-refractivity contribution in [3.8, 4) is 0 Å². The third-order valence-electron chi connectivity index (χ3n) is 5.30. The second-order valence-corrected chi connectivity index (χ2v) is 7.69. The Bertz CT molecular complexity index is 636. The van der Waals surface area contributed by atoms with Crippen LogP contribution in [0.1, 0.15) is 88.4 Å². The van der Waals surface area contributed by atoms with Gasteiger partial charge in [-0.15, -0.1) is 0 Å². The van der Waals surface area contributed by atoms with E-state index in [1.807, 2.05) is 42.5 Å². The van der Waals surface area contributed by atoms with Crippen LogP contribution in [-0.4, -0.2) is 31.4 Å². The maximum absolute atomic E-state index is 11.2. The van der Waals surface area contributed by atoms with E-state index < -0.39 is 6.10 Å². The maximum atomic E-state index is 11.2. The molecule has 1 N–H and O–H groups in total. The van der Waals surface area contributed by atoms with E-state index in [4.69, 9.17) is 4.74 Å². The fraction of sp³-hybridized carbons (Fsp3) is 0.577. The van der Waals surface area contributed by atoms with Crippen molar-refractivity contribution in [1.29, 1.82) is 0 Å². The summed E-state index contributed by atoms with van der Waals surface area (Å²) in [4.78, 5) is 11.2. The van der Waals surface area contributed by atoms with E-state index in [-0.39, 0.29) is 12.1 Å². The van der Waals surface area contributed by atoms with Gasteiger partial charge in [-0.2, -0.15) is 0 Å². The van der Waals surface area contributed by atoms with Gasteiger partial charge in [-0.05, 0) is 30.4 Å². The number of aliphatic hydroxyl groups is 1. The van der Waals surface area contributed by atoms with Gasteiger partial charge in [-0.25, -0.2) is 0 Å². The number of carbonyl (C=O) groups is 1. The average Bonchev–Trinajstić information content (AvgIpc) is 2.77. The maximum Gasteiger partial charge on any atom is 0.305 e. The molecule has 0 fully saturated rings. The molecular weight excluding hydrogens is 376 g/mol. The van der Waals surface area contributed by atoms with Crippen LogP contribution in [0, 0.1) is 0 Å². The van der Waals surface area contributed by atoms with Crippen LogP contribution in [0.15, 0.2) is 42.5 Å². The zero-order chi connectivity index (χ0) is 22.0. The Morgan fingerprint density at radius 1 is 1.00 bits per heavy atom. The van der Waals surface area contributed by atoms with Crippen molar-refractivity contribution in [2.45, 2.75) is 83.3 Å². The number of hydrogen-bond donors (Lipinski definition) is 1. The van der Waals surface area contributed by atoms with Gasteiger partial charge in [0.25, 0.3) is 0 Å². The Labute approximate surface area is 183 Å². The minimum absolute atomic E-state index is 0.139. The van der Waals surface area contributed by atoms with Crippen LogP contribution in [0.5, 0.6) is 0 Å². The summed E-state index contributed by atoms with van der Waals surface area (Å²) in [5.41, 5.74) is 1.86. The molecule has 1 rings (SSSR count). The Balaban J connectivity index is 2.51.